The third kappa shape index (κ3) is 4.04. The molecule has 0 aromatic carbocycles. The summed E-state index contributed by atoms with van der Waals surface area (Å²) < 4.78 is 9.54. The molecule has 1 fully saturated rings. The van der Waals surface area contributed by atoms with E-state index in [2.05, 4.69) is 10.9 Å². The Labute approximate surface area is 150 Å². The fraction of sp³-hybridized carbons (Fsp3) is 0.529. The van der Waals surface area contributed by atoms with Crippen molar-refractivity contribution in [3.05, 3.63) is 23.9 Å². The van der Waals surface area contributed by atoms with E-state index in [-0.39, 0.29) is 25.0 Å². The molecule has 2 bridgehead atoms. The van der Waals surface area contributed by atoms with Gasteiger partial charge in [-0.3, -0.25) is 15.0 Å². The number of carboxylic acids is 1. The normalized spacial score (nSPS) is 25.3. The Bertz CT molecular complexity index is 635. The first-order valence-corrected chi connectivity index (χ1v) is 8.41. The summed E-state index contributed by atoms with van der Waals surface area (Å²) in [6.45, 7) is 3.31. The third-order valence-corrected chi connectivity index (χ3v) is 4.45. The van der Waals surface area contributed by atoms with Gasteiger partial charge in [0.1, 0.15) is 0 Å². The first kappa shape index (κ1) is 19.5. The zero-order valence-corrected chi connectivity index (χ0v) is 14.6. The molecule has 2 rings (SSSR count). The molecule has 26 heavy (non-hydrogen) atoms. The van der Waals surface area contributed by atoms with E-state index in [1.165, 1.54) is 0 Å². The van der Waals surface area contributed by atoms with Crippen molar-refractivity contribution < 1.29 is 33.8 Å². The molecule has 0 aromatic heterocycles. The smallest absolute Gasteiger partial charge is 0.347 e. The van der Waals surface area contributed by atoms with Crippen LogP contribution >= 0.6 is 0 Å². The van der Waals surface area contributed by atoms with Gasteiger partial charge in [-0.1, -0.05) is 12.2 Å². The highest BCUT2D eigenvalue weighted by atomic mass is 16.6. The van der Waals surface area contributed by atoms with E-state index in [0.29, 0.717) is 6.42 Å². The Morgan fingerprint density at radius 1 is 1.04 bits per heavy atom. The predicted molar refractivity (Wildman–Crippen MR) is 88.0 cm³/mol. The zero-order chi connectivity index (χ0) is 19.3. The topological polar surface area (TPSA) is 131 Å². The van der Waals surface area contributed by atoms with E-state index in [9.17, 15) is 24.3 Å². The summed E-state index contributed by atoms with van der Waals surface area (Å²) in [4.78, 5) is 47.4. The second kappa shape index (κ2) is 8.50. The van der Waals surface area contributed by atoms with Crippen molar-refractivity contribution in [2.24, 2.45) is 23.7 Å². The molecule has 0 saturated heterocycles. The molecule has 3 N–H and O–H groups in total. The van der Waals surface area contributed by atoms with Gasteiger partial charge in [-0.25, -0.2) is 9.59 Å². The molecule has 4 atom stereocenters. The Morgan fingerprint density at radius 2 is 1.58 bits per heavy atom. The minimum absolute atomic E-state index is 0.0692. The van der Waals surface area contributed by atoms with Gasteiger partial charge in [0, 0.05) is 6.20 Å². The Balaban J connectivity index is 2.03. The number of esters is 2. The van der Waals surface area contributed by atoms with E-state index in [1.807, 2.05) is 12.2 Å². The summed E-state index contributed by atoms with van der Waals surface area (Å²) in [7, 11) is 0. The Kier molecular flexibility index (Phi) is 6.37. The molecular weight excluding hydrogens is 344 g/mol. The number of aliphatic carboxylic acids is 1. The number of hydrogen-bond donors (Lipinski definition) is 3. The summed E-state index contributed by atoms with van der Waals surface area (Å²) in [5, 5.41) is 9.36. The maximum absolute atomic E-state index is 12.4. The molecule has 0 aliphatic heterocycles. The van der Waals surface area contributed by atoms with Gasteiger partial charge in [0.25, 0.3) is 0 Å². The number of nitrogens with one attached hydrogen (secondary N) is 2. The molecule has 2 aliphatic rings. The summed E-state index contributed by atoms with van der Waals surface area (Å²) >= 11 is 0. The number of rotatable bonds is 8. The highest BCUT2D eigenvalue weighted by Crippen LogP contribution is 2.48. The molecule has 2 aliphatic carbocycles. The van der Waals surface area contributed by atoms with Gasteiger partial charge >= 0.3 is 17.9 Å². The third-order valence-electron chi connectivity index (χ3n) is 4.45. The Morgan fingerprint density at radius 3 is 2.08 bits per heavy atom. The number of carboxylic acid groups (broad SMARTS) is 1. The molecule has 0 spiro atoms. The maximum atomic E-state index is 12.4. The minimum Gasteiger partial charge on any atom is -0.481 e. The molecule has 142 valence electrons. The molecule has 0 radical (unpaired) electrons. The summed E-state index contributed by atoms with van der Waals surface area (Å²) in [6.07, 6.45) is 5.29. The fourth-order valence-corrected chi connectivity index (χ4v) is 3.40. The van der Waals surface area contributed by atoms with Crippen molar-refractivity contribution in [2.75, 3.05) is 13.2 Å². The first-order valence-electron chi connectivity index (χ1n) is 8.41. The zero-order valence-electron chi connectivity index (χ0n) is 14.6. The van der Waals surface area contributed by atoms with Crippen LogP contribution in [0.2, 0.25) is 0 Å². The van der Waals surface area contributed by atoms with Crippen molar-refractivity contribution in [3.63, 3.8) is 0 Å². The predicted octanol–water partition coefficient (Wildman–Crippen LogP) is 0.140. The van der Waals surface area contributed by atoms with Crippen molar-refractivity contribution in [1.82, 2.24) is 10.9 Å². The summed E-state index contributed by atoms with van der Waals surface area (Å²) in [6, 6.07) is 0. The lowest BCUT2D eigenvalue weighted by Gasteiger charge is -2.23. The van der Waals surface area contributed by atoms with Crippen LogP contribution in [0, 0.1) is 23.7 Å². The van der Waals surface area contributed by atoms with Crippen LogP contribution < -0.4 is 10.9 Å². The summed E-state index contributed by atoms with van der Waals surface area (Å²) in [5.74, 6) is -5.10. The quantitative estimate of drug-likeness (QED) is 0.138. The largest absolute Gasteiger partial charge is 0.481 e. The van der Waals surface area contributed by atoms with Gasteiger partial charge < -0.3 is 20.0 Å². The monoisotopic (exact) mass is 366 g/mol. The highest BCUT2D eigenvalue weighted by molar-refractivity contribution is 6.14. The van der Waals surface area contributed by atoms with Gasteiger partial charge in [-0.2, -0.15) is 0 Å². The van der Waals surface area contributed by atoms with Crippen LogP contribution in [0.25, 0.3) is 0 Å². The van der Waals surface area contributed by atoms with E-state index in [1.54, 1.807) is 13.8 Å². The lowest BCUT2D eigenvalue weighted by Crippen LogP contribution is -2.44. The number of hydrazine groups is 1. The molecule has 9 heteroatoms. The molecule has 9 nitrogen and oxygen atoms in total. The van der Waals surface area contributed by atoms with Crippen molar-refractivity contribution in [1.29, 1.82) is 0 Å². The van der Waals surface area contributed by atoms with E-state index >= 15 is 0 Å². The average molecular weight is 366 g/mol. The van der Waals surface area contributed by atoms with Gasteiger partial charge in [-0.15, -0.1) is 0 Å². The van der Waals surface area contributed by atoms with Gasteiger partial charge in [0.15, 0.2) is 5.57 Å². The molecule has 0 heterocycles. The van der Waals surface area contributed by atoms with Gasteiger partial charge in [0.05, 0.1) is 25.0 Å². The maximum Gasteiger partial charge on any atom is 0.347 e. The number of allylic oxidation sites excluding steroid dienone is 2. The lowest BCUT2D eigenvalue weighted by molar-refractivity contribution is -0.148. The SMILES string of the molecule is CCOC(=O)C(=CNNC(=O)[C@@H]1[C@H](C(=O)O)[C@H]2C=C[C@H]1C2)C(=O)OCC. The van der Waals surface area contributed by atoms with Crippen LogP contribution in [0.4, 0.5) is 0 Å². The highest BCUT2D eigenvalue weighted by Gasteiger charge is 2.51. The van der Waals surface area contributed by atoms with E-state index in [4.69, 9.17) is 9.47 Å². The number of carbonyl (C=O) groups is 4. The van der Waals surface area contributed by atoms with Crippen LogP contribution in [-0.2, 0) is 28.7 Å². The van der Waals surface area contributed by atoms with E-state index < -0.39 is 41.2 Å². The number of fused-ring (bicyclic) bond motifs is 2. The fourth-order valence-electron chi connectivity index (χ4n) is 3.40. The number of carbonyl (C=O) groups excluding carboxylic acids is 3. The van der Waals surface area contributed by atoms with Crippen LogP contribution in [0.1, 0.15) is 20.3 Å². The molecular formula is C17H22N2O7. The number of hydrogen-bond acceptors (Lipinski definition) is 7. The first-order chi connectivity index (χ1) is 12.4. The standard InChI is InChI=1S/C17H22N2O7/c1-3-25-16(23)11(17(24)26-4-2)8-18-19-14(20)12-9-5-6-10(7-9)13(12)15(21)22/h5-6,8-10,12-13,18H,3-4,7H2,1-2H3,(H,19,20)(H,21,22)/t9-,10-,12-,13+/m0/s1. The average Bonchev–Trinajstić information content (AvgIpc) is 3.19. The molecule has 0 unspecified atom stereocenters. The van der Waals surface area contributed by atoms with Crippen LogP contribution in [0.5, 0.6) is 0 Å². The molecule has 1 saturated carbocycles. The van der Waals surface area contributed by atoms with Crippen LogP contribution in [0.15, 0.2) is 23.9 Å². The molecule has 0 aromatic rings. The number of amides is 1. The lowest BCUT2D eigenvalue weighted by atomic mass is 9.82. The van der Waals surface area contributed by atoms with Crippen LogP contribution in [0.3, 0.4) is 0 Å². The Hall–Kier alpha value is -2.84. The van der Waals surface area contributed by atoms with Crippen molar-refractivity contribution in [2.45, 2.75) is 20.3 Å². The summed E-state index contributed by atoms with van der Waals surface area (Å²) in [5.41, 5.74) is 4.31. The van der Waals surface area contributed by atoms with Gasteiger partial charge in [0.2, 0.25) is 5.91 Å². The van der Waals surface area contributed by atoms with E-state index in [0.717, 1.165) is 6.20 Å². The molecule has 1 amide bonds. The van der Waals surface area contributed by atoms with Crippen molar-refractivity contribution in [3.8, 4) is 0 Å². The second-order valence-corrected chi connectivity index (χ2v) is 5.97. The minimum atomic E-state index is -1.02. The van der Waals surface area contributed by atoms with Crippen molar-refractivity contribution >= 4 is 23.8 Å². The van der Waals surface area contributed by atoms with Gasteiger partial charge in [-0.05, 0) is 32.1 Å². The second-order valence-electron chi connectivity index (χ2n) is 5.97. The van der Waals surface area contributed by atoms with Crippen LogP contribution in [-0.4, -0.2) is 42.1 Å². The number of ether oxygens (including phenoxy) is 2.